The minimum absolute atomic E-state index is 0.238. The van der Waals surface area contributed by atoms with E-state index in [1.807, 2.05) is 0 Å². The molecule has 21 heavy (non-hydrogen) atoms. The summed E-state index contributed by atoms with van der Waals surface area (Å²) in [4.78, 5) is 17.5. The van der Waals surface area contributed by atoms with Crippen LogP contribution >= 0.6 is 0 Å². The SMILES string of the molecule is CC(C)N1CCC(N2CCCC(C(=O)NC3CC3)C2)CC1. The van der Waals surface area contributed by atoms with Gasteiger partial charge < -0.3 is 10.2 Å². The number of rotatable bonds is 4. The number of piperidine rings is 2. The number of nitrogens with zero attached hydrogens (tertiary/aromatic N) is 2. The van der Waals surface area contributed by atoms with Gasteiger partial charge in [0.15, 0.2) is 0 Å². The lowest BCUT2D eigenvalue weighted by Crippen LogP contribution is -2.51. The van der Waals surface area contributed by atoms with Gasteiger partial charge in [0.25, 0.3) is 0 Å². The Hall–Kier alpha value is -0.610. The van der Waals surface area contributed by atoms with Crippen LogP contribution in [0.4, 0.5) is 0 Å². The summed E-state index contributed by atoms with van der Waals surface area (Å²) in [6, 6.07) is 1.88. The summed E-state index contributed by atoms with van der Waals surface area (Å²) >= 11 is 0. The Morgan fingerprint density at radius 2 is 1.76 bits per heavy atom. The number of nitrogens with one attached hydrogen (secondary N) is 1. The molecule has 1 amide bonds. The van der Waals surface area contributed by atoms with Gasteiger partial charge in [-0.2, -0.15) is 0 Å². The maximum Gasteiger partial charge on any atom is 0.224 e. The zero-order valence-electron chi connectivity index (χ0n) is 13.7. The molecule has 0 radical (unpaired) electrons. The molecule has 0 bridgehead atoms. The first kappa shape index (κ1) is 15.3. The molecule has 1 aliphatic carbocycles. The fraction of sp³-hybridized carbons (Fsp3) is 0.941. The molecule has 1 unspecified atom stereocenters. The Kier molecular flexibility index (Phi) is 4.85. The molecule has 2 saturated heterocycles. The molecule has 2 heterocycles. The van der Waals surface area contributed by atoms with Gasteiger partial charge >= 0.3 is 0 Å². The third-order valence-electron chi connectivity index (χ3n) is 5.49. The highest BCUT2D eigenvalue weighted by Gasteiger charge is 2.33. The minimum Gasteiger partial charge on any atom is -0.353 e. The van der Waals surface area contributed by atoms with Crippen molar-refractivity contribution < 1.29 is 4.79 Å². The maximum absolute atomic E-state index is 12.3. The molecule has 1 saturated carbocycles. The number of amides is 1. The quantitative estimate of drug-likeness (QED) is 0.859. The van der Waals surface area contributed by atoms with Crippen LogP contribution in [0.1, 0.15) is 52.4 Å². The Morgan fingerprint density at radius 3 is 2.38 bits per heavy atom. The van der Waals surface area contributed by atoms with E-state index >= 15 is 0 Å². The summed E-state index contributed by atoms with van der Waals surface area (Å²) < 4.78 is 0. The van der Waals surface area contributed by atoms with Crippen molar-refractivity contribution in [1.82, 2.24) is 15.1 Å². The van der Waals surface area contributed by atoms with Gasteiger partial charge in [0.05, 0.1) is 5.92 Å². The Balaban J connectivity index is 1.48. The largest absolute Gasteiger partial charge is 0.353 e. The van der Waals surface area contributed by atoms with E-state index in [1.54, 1.807) is 0 Å². The van der Waals surface area contributed by atoms with E-state index in [9.17, 15) is 4.79 Å². The van der Waals surface area contributed by atoms with Crippen molar-refractivity contribution in [3.05, 3.63) is 0 Å². The van der Waals surface area contributed by atoms with Crippen LogP contribution in [0.15, 0.2) is 0 Å². The van der Waals surface area contributed by atoms with Crippen LogP contribution in [0, 0.1) is 5.92 Å². The molecule has 0 aromatic carbocycles. The lowest BCUT2D eigenvalue weighted by Gasteiger charge is -2.43. The van der Waals surface area contributed by atoms with Crippen molar-refractivity contribution in [1.29, 1.82) is 0 Å². The van der Waals surface area contributed by atoms with Gasteiger partial charge in [-0.05, 0) is 72.0 Å². The Bertz CT molecular complexity index is 359. The van der Waals surface area contributed by atoms with E-state index in [0.29, 0.717) is 24.0 Å². The van der Waals surface area contributed by atoms with E-state index in [2.05, 4.69) is 29.0 Å². The zero-order chi connectivity index (χ0) is 14.8. The molecule has 3 aliphatic rings. The first-order valence-corrected chi connectivity index (χ1v) is 8.92. The fourth-order valence-electron chi connectivity index (χ4n) is 3.87. The topological polar surface area (TPSA) is 35.6 Å². The zero-order valence-corrected chi connectivity index (χ0v) is 13.7. The monoisotopic (exact) mass is 293 g/mol. The second kappa shape index (κ2) is 6.66. The number of hydrogen-bond acceptors (Lipinski definition) is 3. The van der Waals surface area contributed by atoms with Gasteiger partial charge in [-0.15, -0.1) is 0 Å². The standard InChI is InChI=1S/C17H31N3O/c1-13(2)19-10-7-16(8-11-19)20-9-3-4-14(12-20)17(21)18-15-5-6-15/h13-16H,3-12H2,1-2H3,(H,18,21). The van der Waals surface area contributed by atoms with Crippen LogP contribution in [0.2, 0.25) is 0 Å². The molecule has 3 rings (SSSR count). The van der Waals surface area contributed by atoms with Gasteiger partial charge in [0.1, 0.15) is 0 Å². The molecule has 0 aromatic heterocycles. The van der Waals surface area contributed by atoms with Gasteiger partial charge in [-0.3, -0.25) is 9.69 Å². The lowest BCUT2D eigenvalue weighted by atomic mass is 9.93. The second-order valence-corrected chi connectivity index (χ2v) is 7.48. The van der Waals surface area contributed by atoms with E-state index in [1.165, 1.54) is 51.7 Å². The van der Waals surface area contributed by atoms with Crippen LogP contribution in [0.3, 0.4) is 0 Å². The van der Waals surface area contributed by atoms with Crippen LogP contribution in [0.5, 0.6) is 0 Å². The molecule has 3 fully saturated rings. The average molecular weight is 293 g/mol. The summed E-state index contributed by atoms with van der Waals surface area (Å²) in [6.45, 7) is 9.21. The third-order valence-corrected chi connectivity index (χ3v) is 5.49. The highest BCUT2D eigenvalue weighted by molar-refractivity contribution is 5.79. The number of carbonyl (C=O) groups is 1. The van der Waals surface area contributed by atoms with Gasteiger partial charge in [0, 0.05) is 24.7 Å². The maximum atomic E-state index is 12.3. The molecule has 2 aliphatic heterocycles. The molecule has 0 aromatic rings. The lowest BCUT2D eigenvalue weighted by molar-refractivity contribution is -0.127. The predicted molar refractivity (Wildman–Crippen MR) is 85.2 cm³/mol. The molecule has 4 nitrogen and oxygen atoms in total. The van der Waals surface area contributed by atoms with Crippen molar-refractivity contribution in [2.75, 3.05) is 26.2 Å². The summed E-state index contributed by atoms with van der Waals surface area (Å²) in [7, 11) is 0. The summed E-state index contributed by atoms with van der Waals surface area (Å²) in [5.74, 6) is 0.560. The highest BCUT2D eigenvalue weighted by Crippen LogP contribution is 2.26. The van der Waals surface area contributed by atoms with E-state index < -0.39 is 0 Å². The van der Waals surface area contributed by atoms with Crippen molar-refractivity contribution in [2.45, 2.75) is 70.5 Å². The number of carbonyl (C=O) groups excluding carboxylic acids is 1. The first-order chi connectivity index (χ1) is 10.1. The van der Waals surface area contributed by atoms with Crippen molar-refractivity contribution >= 4 is 5.91 Å². The average Bonchev–Trinajstić information content (AvgIpc) is 3.31. The van der Waals surface area contributed by atoms with Gasteiger partial charge in [0.2, 0.25) is 5.91 Å². The van der Waals surface area contributed by atoms with E-state index in [0.717, 1.165) is 13.0 Å². The molecule has 120 valence electrons. The van der Waals surface area contributed by atoms with Crippen molar-refractivity contribution in [3.63, 3.8) is 0 Å². The number of likely N-dealkylation sites (tertiary alicyclic amines) is 2. The Labute approximate surface area is 129 Å². The molecule has 0 spiro atoms. The second-order valence-electron chi connectivity index (χ2n) is 7.48. The van der Waals surface area contributed by atoms with Crippen molar-refractivity contribution in [2.24, 2.45) is 5.92 Å². The Morgan fingerprint density at radius 1 is 1.05 bits per heavy atom. The van der Waals surface area contributed by atoms with Crippen LogP contribution in [-0.4, -0.2) is 60.0 Å². The first-order valence-electron chi connectivity index (χ1n) is 8.92. The summed E-state index contributed by atoms with van der Waals surface area (Å²) in [6.07, 6.45) is 7.20. The van der Waals surface area contributed by atoms with E-state index in [4.69, 9.17) is 0 Å². The van der Waals surface area contributed by atoms with Gasteiger partial charge in [-0.1, -0.05) is 0 Å². The predicted octanol–water partition coefficient (Wildman–Crippen LogP) is 1.85. The summed E-state index contributed by atoms with van der Waals surface area (Å²) in [5, 5.41) is 3.20. The van der Waals surface area contributed by atoms with Gasteiger partial charge in [-0.25, -0.2) is 0 Å². The minimum atomic E-state index is 0.238. The van der Waals surface area contributed by atoms with E-state index in [-0.39, 0.29) is 5.92 Å². The normalized spacial score (nSPS) is 29.8. The third kappa shape index (κ3) is 3.98. The fourth-order valence-corrected chi connectivity index (χ4v) is 3.87. The highest BCUT2D eigenvalue weighted by atomic mass is 16.2. The molecule has 1 N–H and O–H groups in total. The molecular weight excluding hydrogens is 262 g/mol. The molecule has 1 atom stereocenters. The molecule has 4 heteroatoms. The smallest absolute Gasteiger partial charge is 0.224 e. The molecular formula is C17H31N3O. The van der Waals surface area contributed by atoms with Crippen LogP contribution in [0.25, 0.3) is 0 Å². The van der Waals surface area contributed by atoms with Crippen molar-refractivity contribution in [3.8, 4) is 0 Å². The summed E-state index contributed by atoms with van der Waals surface area (Å²) in [5.41, 5.74) is 0. The van der Waals surface area contributed by atoms with Crippen LogP contribution < -0.4 is 5.32 Å². The number of hydrogen-bond donors (Lipinski definition) is 1. The van der Waals surface area contributed by atoms with Crippen LogP contribution in [-0.2, 0) is 4.79 Å².